The van der Waals surface area contributed by atoms with Crippen LogP contribution in [0.4, 0.5) is 27.6 Å². The van der Waals surface area contributed by atoms with Crippen molar-refractivity contribution in [1.29, 1.82) is 0 Å². The molecule has 0 bridgehead atoms. The van der Waals surface area contributed by atoms with Gasteiger partial charge < -0.3 is 10.8 Å². The van der Waals surface area contributed by atoms with Crippen LogP contribution >= 0.6 is 0 Å². The van der Waals surface area contributed by atoms with Gasteiger partial charge in [0, 0.05) is 5.69 Å². The zero-order valence-electron chi connectivity index (χ0n) is 11.2. The number of aromatic nitrogens is 2. The second-order valence-electron chi connectivity index (χ2n) is 4.80. The van der Waals surface area contributed by atoms with E-state index >= 15 is 0 Å². The Kier molecular flexibility index (Phi) is 3.86. The van der Waals surface area contributed by atoms with Crippen LogP contribution in [0.5, 0.6) is 0 Å². The number of alkyl halides is 5. The van der Waals surface area contributed by atoms with Crippen molar-refractivity contribution < 1.29 is 27.1 Å². The molecule has 1 heterocycles. The van der Waals surface area contributed by atoms with Crippen molar-refractivity contribution in [2.24, 2.45) is 0 Å². The third kappa shape index (κ3) is 2.76. The molecule has 0 saturated carbocycles. The molecule has 1 atom stereocenters. The molecule has 0 aliphatic heterocycles. The molecule has 0 saturated heterocycles. The molecule has 2 rings (SSSR count). The molecule has 2 aromatic rings. The summed E-state index contributed by atoms with van der Waals surface area (Å²) in [7, 11) is 0. The highest BCUT2D eigenvalue weighted by atomic mass is 19.4. The largest absolute Gasteiger partial charge is 0.459 e. The van der Waals surface area contributed by atoms with Gasteiger partial charge in [0.1, 0.15) is 11.8 Å². The second kappa shape index (κ2) is 5.24. The molecule has 120 valence electrons. The van der Waals surface area contributed by atoms with E-state index < -0.39 is 23.9 Å². The minimum atomic E-state index is -5.76. The lowest BCUT2D eigenvalue weighted by molar-refractivity contribution is -0.290. The number of aliphatic hydroxyl groups excluding tert-OH is 1. The number of aliphatic hydroxyl groups is 1. The number of nitrogens with two attached hydrogens (primary N) is 1. The zero-order valence-corrected chi connectivity index (χ0v) is 11.2. The predicted molar refractivity (Wildman–Crippen MR) is 68.2 cm³/mol. The predicted octanol–water partition coefficient (Wildman–Crippen LogP) is 3.04. The smallest absolute Gasteiger partial charge is 0.399 e. The molecule has 0 amide bonds. The van der Waals surface area contributed by atoms with Crippen LogP contribution < -0.4 is 5.73 Å². The summed E-state index contributed by atoms with van der Waals surface area (Å²) >= 11 is 0. The van der Waals surface area contributed by atoms with Gasteiger partial charge in [-0.2, -0.15) is 27.1 Å². The van der Waals surface area contributed by atoms with Crippen molar-refractivity contribution in [3.8, 4) is 0 Å². The molecule has 1 aromatic carbocycles. The molecular weight excluding hydrogens is 309 g/mol. The monoisotopic (exact) mass is 321 g/mol. The van der Waals surface area contributed by atoms with E-state index in [9.17, 15) is 27.1 Å². The first-order chi connectivity index (χ1) is 10.0. The van der Waals surface area contributed by atoms with Gasteiger partial charge in [-0.15, -0.1) is 0 Å². The van der Waals surface area contributed by atoms with Crippen LogP contribution in [0.3, 0.4) is 0 Å². The Bertz CT molecular complexity index is 681. The molecule has 0 aliphatic carbocycles. The van der Waals surface area contributed by atoms with E-state index in [1.54, 1.807) is 6.92 Å². The van der Waals surface area contributed by atoms with Crippen molar-refractivity contribution in [3.63, 3.8) is 0 Å². The molecule has 0 radical (unpaired) electrons. The minimum absolute atomic E-state index is 0.275. The lowest BCUT2D eigenvalue weighted by atomic mass is 10.0. The van der Waals surface area contributed by atoms with E-state index in [0.29, 0.717) is 17.3 Å². The zero-order chi connectivity index (χ0) is 16.7. The van der Waals surface area contributed by atoms with Gasteiger partial charge in [0.05, 0.1) is 5.69 Å². The van der Waals surface area contributed by atoms with Crippen molar-refractivity contribution in [1.82, 2.24) is 10.2 Å². The first kappa shape index (κ1) is 16.2. The van der Waals surface area contributed by atoms with Crippen molar-refractivity contribution in [2.75, 3.05) is 5.73 Å². The van der Waals surface area contributed by atoms with E-state index in [1.807, 2.05) is 5.10 Å². The van der Waals surface area contributed by atoms with Gasteiger partial charge in [-0.25, -0.2) is 0 Å². The first-order valence-electron chi connectivity index (χ1n) is 6.08. The Morgan fingerprint density at radius 2 is 1.82 bits per heavy atom. The van der Waals surface area contributed by atoms with Crippen LogP contribution in [0.2, 0.25) is 0 Å². The number of aryl methyl sites for hydroxylation is 1. The van der Waals surface area contributed by atoms with E-state index in [1.165, 1.54) is 18.2 Å². The molecule has 4 N–H and O–H groups in total. The fourth-order valence-electron chi connectivity index (χ4n) is 1.83. The molecule has 1 aromatic heterocycles. The number of nitrogens with one attached hydrogen (secondary N) is 1. The Labute approximate surface area is 121 Å². The van der Waals surface area contributed by atoms with Gasteiger partial charge in [-0.05, 0) is 30.2 Å². The van der Waals surface area contributed by atoms with Crippen molar-refractivity contribution in [3.05, 3.63) is 46.8 Å². The highest BCUT2D eigenvalue weighted by molar-refractivity contribution is 5.48. The number of rotatable bonds is 3. The summed E-state index contributed by atoms with van der Waals surface area (Å²) in [6.07, 6.45) is -7.19. The van der Waals surface area contributed by atoms with E-state index in [4.69, 9.17) is 5.73 Å². The summed E-state index contributed by atoms with van der Waals surface area (Å²) in [5, 5.41) is 15.0. The number of H-pyrrole nitrogens is 1. The molecule has 4 nitrogen and oxygen atoms in total. The van der Waals surface area contributed by atoms with E-state index in [-0.39, 0.29) is 11.3 Å². The van der Waals surface area contributed by atoms with Gasteiger partial charge in [0.2, 0.25) is 0 Å². The number of hydrogen-bond donors (Lipinski definition) is 3. The van der Waals surface area contributed by atoms with Crippen LogP contribution in [0.25, 0.3) is 0 Å². The fraction of sp³-hybridized carbons (Fsp3) is 0.308. The van der Waals surface area contributed by atoms with Gasteiger partial charge in [-0.3, -0.25) is 5.10 Å². The summed E-state index contributed by atoms with van der Waals surface area (Å²) in [6.45, 7) is 1.67. The Morgan fingerprint density at radius 1 is 1.18 bits per heavy atom. The summed E-state index contributed by atoms with van der Waals surface area (Å²) in [4.78, 5) is 0. The Morgan fingerprint density at radius 3 is 2.36 bits per heavy atom. The van der Waals surface area contributed by atoms with Gasteiger partial charge in [0.15, 0.2) is 0 Å². The molecule has 1 unspecified atom stereocenters. The van der Waals surface area contributed by atoms with E-state index in [0.717, 1.165) is 0 Å². The average molecular weight is 321 g/mol. The van der Waals surface area contributed by atoms with Crippen LogP contribution in [0.15, 0.2) is 24.3 Å². The molecular formula is C13H12F5N3O. The molecule has 22 heavy (non-hydrogen) atoms. The molecule has 9 heteroatoms. The summed E-state index contributed by atoms with van der Waals surface area (Å²) < 4.78 is 63.1. The molecule has 0 fully saturated rings. The Hall–Kier alpha value is -2.16. The lowest BCUT2D eigenvalue weighted by Gasteiger charge is -2.16. The standard InChI is InChI=1S/C13H12F5N3O/c1-6-4-7(2-3-8(6)19)11(22)9-5-10(21-20-9)12(14,15)13(16,17)18/h2-5,11,22H,19H2,1H3,(H,20,21). The first-order valence-corrected chi connectivity index (χ1v) is 6.08. The normalized spacial score (nSPS) is 14.1. The summed E-state index contributed by atoms with van der Waals surface area (Å²) in [5.74, 6) is -5.10. The lowest BCUT2D eigenvalue weighted by Crippen LogP contribution is -2.34. The summed E-state index contributed by atoms with van der Waals surface area (Å²) in [5.41, 5.74) is 5.22. The van der Waals surface area contributed by atoms with Gasteiger partial charge >= 0.3 is 12.1 Å². The maximum atomic E-state index is 13.2. The Balaban J connectivity index is 2.33. The number of halogens is 5. The SMILES string of the molecule is Cc1cc(C(O)c2cc(C(F)(F)C(F)(F)F)n[nH]2)ccc1N. The molecule has 0 spiro atoms. The topological polar surface area (TPSA) is 74.9 Å². The van der Waals surface area contributed by atoms with Crippen LogP contribution in [-0.4, -0.2) is 21.5 Å². The average Bonchev–Trinajstić information content (AvgIpc) is 2.90. The van der Waals surface area contributed by atoms with Gasteiger partial charge in [0.25, 0.3) is 0 Å². The van der Waals surface area contributed by atoms with Crippen molar-refractivity contribution in [2.45, 2.75) is 25.1 Å². The number of benzene rings is 1. The number of aromatic amines is 1. The number of nitrogens with zero attached hydrogens (tertiary/aromatic N) is 1. The molecule has 0 aliphatic rings. The third-order valence-corrected chi connectivity index (χ3v) is 3.18. The third-order valence-electron chi connectivity index (χ3n) is 3.18. The quantitative estimate of drug-likeness (QED) is 0.601. The maximum Gasteiger partial charge on any atom is 0.459 e. The number of hydrogen-bond acceptors (Lipinski definition) is 3. The van der Waals surface area contributed by atoms with Crippen LogP contribution in [0, 0.1) is 6.92 Å². The highest BCUT2D eigenvalue weighted by Crippen LogP contribution is 2.43. The highest BCUT2D eigenvalue weighted by Gasteiger charge is 2.60. The van der Waals surface area contributed by atoms with Gasteiger partial charge in [-0.1, -0.05) is 12.1 Å². The number of nitrogen functional groups attached to an aromatic ring is 1. The van der Waals surface area contributed by atoms with Crippen LogP contribution in [0.1, 0.15) is 28.6 Å². The maximum absolute atomic E-state index is 13.2. The minimum Gasteiger partial charge on any atom is -0.399 e. The summed E-state index contributed by atoms with van der Waals surface area (Å²) in [6, 6.07) is 4.93. The number of anilines is 1. The fourth-order valence-corrected chi connectivity index (χ4v) is 1.83. The van der Waals surface area contributed by atoms with Crippen LogP contribution in [-0.2, 0) is 5.92 Å². The second-order valence-corrected chi connectivity index (χ2v) is 4.80. The van der Waals surface area contributed by atoms with Crippen molar-refractivity contribution >= 4 is 5.69 Å². The van der Waals surface area contributed by atoms with E-state index in [2.05, 4.69) is 5.10 Å².